The fourth-order valence-corrected chi connectivity index (χ4v) is 3.57. The molecule has 0 heterocycles. The molecule has 0 bridgehead atoms. The largest absolute Gasteiger partial charge is 0.493 e. The van der Waals surface area contributed by atoms with Crippen molar-refractivity contribution in [3.63, 3.8) is 0 Å². The average molecular weight is 433 g/mol. The summed E-state index contributed by atoms with van der Waals surface area (Å²) in [5.41, 5.74) is 5.03. The molecule has 3 aromatic carbocycles. The number of thioether (sulfide) groups is 1. The van der Waals surface area contributed by atoms with E-state index in [9.17, 15) is 4.79 Å². The molecule has 1 amide bonds. The Bertz CT molecular complexity index is 1030. The number of ether oxygens (including phenoxy) is 2. The molecular weight excluding hydrogens is 408 g/mol. The first-order valence-corrected chi connectivity index (χ1v) is 10.7. The Labute approximate surface area is 186 Å². The van der Waals surface area contributed by atoms with Crippen molar-refractivity contribution in [2.75, 3.05) is 13.7 Å². The van der Waals surface area contributed by atoms with Crippen molar-refractivity contribution in [2.24, 2.45) is 5.10 Å². The normalized spacial score (nSPS) is 10.6. The lowest BCUT2D eigenvalue weighted by Gasteiger charge is -2.09. The SMILES string of the molecule is C=CCOc1ccc(/C=N/NC(=O)c2ccc(CSc3ccccc3)cc2)cc1OC. The summed E-state index contributed by atoms with van der Waals surface area (Å²) in [7, 11) is 1.57. The monoisotopic (exact) mass is 432 g/mol. The topological polar surface area (TPSA) is 59.9 Å². The van der Waals surface area contributed by atoms with Gasteiger partial charge in [0.2, 0.25) is 0 Å². The highest BCUT2D eigenvalue weighted by Gasteiger charge is 2.06. The molecule has 0 aliphatic heterocycles. The minimum atomic E-state index is -0.267. The van der Waals surface area contributed by atoms with E-state index in [4.69, 9.17) is 9.47 Å². The molecule has 3 rings (SSSR count). The van der Waals surface area contributed by atoms with Gasteiger partial charge in [-0.15, -0.1) is 11.8 Å². The van der Waals surface area contributed by atoms with Crippen LogP contribution in [0.15, 0.2) is 95.4 Å². The van der Waals surface area contributed by atoms with Crippen molar-refractivity contribution < 1.29 is 14.3 Å². The molecule has 0 atom stereocenters. The van der Waals surface area contributed by atoms with Gasteiger partial charge in [0.15, 0.2) is 11.5 Å². The number of nitrogens with zero attached hydrogens (tertiary/aromatic N) is 1. The molecule has 6 heteroatoms. The Kier molecular flexibility index (Phi) is 8.31. The second-order valence-corrected chi connectivity index (χ2v) is 7.56. The molecule has 0 saturated heterocycles. The van der Waals surface area contributed by atoms with E-state index in [1.165, 1.54) is 4.90 Å². The lowest BCUT2D eigenvalue weighted by atomic mass is 10.1. The van der Waals surface area contributed by atoms with Crippen LogP contribution in [0.4, 0.5) is 0 Å². The van der Waals surface area contributed by atoms with Gasteiger partial charge in [-0.3, -0.25) is 4.79 Å². The Balaban J connectivity index is 1.54. The lowest BCUT2D eigenvalue weighted by Crippen LogP contribution is -2.17. The molecule has 0 aromatic heterocycles. The van der Waals surface area contributed by atoms with Gasteiger partial charge in [0.25, 0.3) is 5.91 Å². The van der Waals surface area contributed by atoms with E-state index in [1.54, 1.807) is 55.4 Å². The lowest BCUT2D eigenvalue weighted by molar-refractivity contribution is 0.0955. The van der Waals surface area contributed by atoms with E-state index in [2.05, 4.69) is 29.2 Å². The van der Waals surface area contributed by atoms with E-state index in [0.717, 1.165) is 16.9 Å². The molecule has 0 spiro atoms. The number of hydrazone groups is 1. The Morgan fingerprint density at radius 1 is 1.06 bits per heavy atom. The van der Waals surface area contributed by atoms with E-state index >= 15 is 0 Å². The molecule has 5 nitrogen and oxygen atoms in total. The van der Waals surface area contributed by atoms with E-state index in [1.807, 2.05) is 36.4 Å². The van der Waals surface area contributed by atoms with Crippen LogP contribution >= 0.6 is 11.8 Å². The first-order chi connectivity index (χ1) is 15.2. The number of amides is 1. The minimum Gasteiger partial charge on any atom is -0.493 e. The van der Waals surface area contributed by atoms with Gasteiger partial charge in [-0.2, -0.15) is 5.10 Å². The first-order valence-electron chi connectivity index (χ1n) is 9.71. The van der Waals surface area contributed by atoms with Gasteiger partial charge in [-0.25, -0.2) is 5.43 Å². The van der Waals surface area contributed by atoms with Crippen LogP contribution in [0.5, 0.6) is 11.5 Å². The maximum absolute atomic E-state index is 12.3. The fourth-order valence-electron chi connectivity index (χ4n) is 2.70. The Hall–Kier alpha value is -3.51. The third kappa shape index (κ3) is 6.76. The zero-order valence-electron chi connectivity index (χ0n) is 17.3. The number of hydrogen-bond acceptors (Lipinski definition) is 5. The molecule has 3 aromatic rings. The predicted molar refractivity (Wildman–Crippen MR) is 126 cm³/mol. The summed E-state index contributed by atoms with van der Waals surface area (Å²) >= 11 is 1.76. The van der Waals surface area contributed by atoms with Crippen LogP contribution in [0, 0.1) is 0 Å². The highest BCUT2D eigenvalue weighted by molar-refractivity contribution is 7.98. The van der Waals surface area contributed by atoms with Crippen molar-refractivity contribution in [3.8, 4) is 11.5 Å². The van der Waals surface area contributed by atoms with Gasteiger partial charge in [0.05, 0.1) is 13.3 Å². The average Bonchev–Trinajstić information content (AvgIpc) is 2.82. The molecule has 0 saturated carbocycles. The summed E-state index contributed by atoms with van der Waals surface area (Å²) in [6, 6.07) is 23.2. The maximum atomic E-state index is 12.3. The molecule has 0 aliphatic carbocycles. The molecule has 0 aliphatic rings. The smallest absolute Gasteiger partial charge is 0.271 e. The molecule has 1 N–H and O–H groups in total. The van der Waals surface area contributed by atoms with Gasteiger partial charge in [0, 0.05) is 16.2 Å². The van der Waals surface area contributed by atoms with E-state index in [0.29, 0.717) is 23.7 Å². The standard InChI is InChI=1S/C25H24N2O3S/c1-3-15-30-23-14-11-20(16-24(23)29-2)17-26-27-25(28)21-12-9-19(10-13-21)18-31-22-7-5-4-6-8-22/h3-14,16-17H,1,15,18H2,2H3,(H,27,28)/b26-17+. The second-order valence-electron chi connectivity index (χ2n) is 6.51. The third-order valence-corrected chi connectivity index (χ3v) is 5.37. The summed E-state index contributed by atoms with van der Waals surface area (Å²) in [5, 5.41) is 4.04. The highest BCUT2D eigenvalue weighted by atomic mass is 32.2. The zero-order chi connectivity index (χ0) is 21.9. The number of benzene rings is 3. The fraction of sp³-hybridized carbons (Fsp3) is 0.120. The maximum Gasteiger partial charge on any atom is 0.271 e. The Morgan fingerprint density at radius 2 is 1.84 bits per heavy atom. The second kappa shape index (κ2) is 11.6. The number of methoxy groups -OCH3 is 1. The molecule has 0 radical (unpaired) electrons. The number of nitrogens with one attached hydrogen (secondary N) is 1. The Morgan fingerprint density at radius 3 is 2.55 bits per heavy atom. The summed E-state index contributed by atoms with van der Waals surface area (Å²) in [6.45, 7) is 4.02. The first kappa shape index (κ1) is 22.2. The molecule has 0 unspecified atom stereocenters. The van der Waals surface area contributed by atoms with Gasteiger partial charge in [-0.1, -0.05) is 43.0 Å². The molecule has 31 heavy (non-hydrogen) atoms. The van der Waals surface area contributed by atoms with Crippen LogP contribution in [0.3, 0.4) is 0 Å². The third-order valence-electron chi connectivity index (χ3n) is 4.29. The van der Waals surface area contributed by atoms with Crippen LogP contribution in [0.25, 0.3) is 0 Å². The van der Waals surface area contributed by atoms with Crippen molar-refractivity contribution >= 4 is 23.9 Å². The predicted octanol–water partition coefficient (Wildman–Crippen LogP) is 5.32. The zero-order valence-corrected chi connectivity index (χ0v) is 18.1. The van der Waals surface area contributed by atoms with Crippen LogP contribution in [0.1, 0.15) is 21.5 Å². The van der Waals surface area contributed by atoms with Crippen molar-refractivity contribution in [1.29, 1.82) is 0 Å². The van der Waals surface area contributed by atoms with Gasteiger partial charge >= 0.3 is 0 Å². The van der Waals surface area contributed by atoms with Gasteiger partial charge < -0.3 is 9.47 Å². The van der Waals surface area contributed by atoms with Crippen molar-refractivity contribution in [1.82, 2.24) is 5.43 Å². The molecule has 0 fully saturated rings. The van der Waals surface area contributed by atoms with Crippen LogP contribution in [-0.4, -0.2) is 25.8 Å². The number of carbonyl (C=O) groups is 1. The summed E-state index contributed by atoms with van der Waals surface area (Å²) in [5.74, 6) is 1.78. The summed E-state index contributed by atoms with van der Waals surface area (Å²) in [4.78, 5) is 13.6. The minimum absolute atomic E-state index is 0.267. The summed E-state index contributed by atoms with van der Waals surface area (Å²) in [6.07, 6.45) is 3.22. The molecule has 158 valence electrons. The van der Waals surface area contributed by atoms with Crippen molar-refractivity contribution in [3.05, 3.63) is 102 Å². The van der Waals surface area contributed by atoms with Crippen molar-refractivity contribution in [2.45, 2.75) is 10.6 Å². The van der Waals surface area contributed by atoms with Crippen LogP contribution in [-0.2, 0) is 5.75 Å². The molecular formula is C25H24N2O3S. The summed E-state index contributed by atoms with van der Waals surface area (Å²) < 4.78 is 10.9. The number of rotatable bonds is 10. The number of carbonyl (C=O) groups excluding carboxylic acids is 1. The quantitative estimate of drug-likeness (QED) is 0.204. The van der Waals surface area contributed by atoms with E-state index < -0.39 is 0 Å². The van der Waals surface area contributed by atoms with Crippen LogP contribution in [0.2, 0.25) is 0 Å². The highest BCUT2D eigenvalue weighted by Crippen LogP contribution is 2.27. The van der Waals surface area contributed by atoms with Gasteiger partial charge in [-0.05, 0) is 53.6 Å². The van der Waals surface area contributed by atoms with Gasteiger partial charge in [0.1, 0.15) is 6.61 Å². The van der Waals surface area contributed by atoms with Crippen LogP contribution < -0.4 is 14.9 Å². The number of hydrogen-bond donors (Lipinski definition) is 1. The van der Waals surface area contributed by atoms with E-state index in [-0.39, 0.29) is 5.91 Å².